The van der Waals surface area contributed by atoms with Crippen molar-refractivity contribution in [2.45, 2.75) is 58.0 Å². The molecule has 1 fully saturated rings. The molecule has 1 aromatic carbocycles. The minimum atomic E-state index is -0.399. The number of nitrogens with two attached hydrogens (primary N) is 1. The van der Waals surface area contributed by atoms with Crippen molar-refractivity contribution in [3.05, 3.63) is 35.7 Å². The van der Waals surface area contributed by atoms with E-state index in [-0.39, 0.29) is 0 Å². The molecule has 1 aliphatic carbocycles. The minimum Gasteiger partial charge on any atom is -0.334 e. The highest BCUT2D eigenvalue weighted by molar-refractivity contribution is 5.53. The van der Waals surface area contributed by atoms with Gasteiger partial charge in [-0.2, -0.15) is 4.98 Å². The predicted octanol–water partition coefficient (Wildman–Crippen LogP) is 3.70. The average molecular weight is 328 g/mol. The second-order valence-electron chi connectivity index (χ2n) is 6.85. The molecule has 5 heteroatoms. The fraction of sp³-hybridized carbons (Fsp3) is 0.579. The Morgan fingerprint density at radius 3 is 2.50 bits per heavy atom. The lowest BCUT2D eigenvalue weighted by molar-refractivity contribution is 0.280. The van der Waals surface area contributed by atoms with Crippen molar-refractivity contribution in [2.75, 3.05) is 13.1 Å². The van der Waals surface area contributed by atoms with Gasteiger partial charge in [0, 0.05) is 12.1 Å². The molecule has 1 aromatic heterocycles. The van der Waals surface area contributed by atoms with Gasteiger partial charge in [0.15, 0.2) is 5.82 Å². The Kier molecular flexibility index (Phi) is 5.31. The standard InChI is InChI=1S/C19H28N4O/c1-3-13-23(4-2)14-15-7-9-16(10-8-15)17-21-18(22-24-17)19(20)11-5-6-12-19/h7-10H,3-6,11-14,20H2,1-2H3. The first-order valence-electron chi connectivity index (χ1n) is 9.09. The molecule has 5 nitrogen and oxygen atoms in total. The number of benzene rings is 1. The number of rotatable bonds is 7. The first kappa shape index (κ1) is 17.1. The zero-order valence-corrected chi connectivity index (χ0v) is 14.8. The summed E-state index contributed by atoms with van der Waals surface area (Å²) in [7, 11) is 0. The molecule has 2 aromatic rings. The quantitative estimate of drug-likeness (QED) is 0.839. The molecule has 0 amide bonds. The molecule has 24 heavy (non-hydrogen) atoms. The Hall–Kier alpha value is -1.72. The molecule has 0 radical (unpaired) electrons. The third-order valence-electron chi connectivity index (χ3n) is 4.96. The summed E-state index contributed by atoms with van der Waals surface area (Å²) in [5, 5.41) is 4.14. The van der Waals surface area contributed by atoms with E-state index in [1.54, 1.807) is 0 Å². The molecular formula is C19H28N4O. The van der Waals surface area contributed by atoms with E-state index in [0.717, 1.165) is 50.9 Å². The monoisotopic (exact) mass is 328 g/mol. The van der Waals surface area contributed by atoms with E-state index in [1.165, 1.54) is 12.0 Å². The van der Waals surface area contributed by atoms with Gasteiger partial charge in [-0.1, -0.05) is 44.0 Å². The summed E-state index contributed by atoms with van der Waals surface area (Å²) < 4.78 is 5.46. The molecule has 0 unspecified atom stereocenters. The predicted molar refractivity (Wildman–Crippen MR) is 95.3 cm³/mol. The van der Waals surface area contributed by atoms with Gasteiger partial charge in [0.2, 0.25) is 0 Å². The minimum absolute atomic E-state index is 0.399. The van der Waals surface area contributed by atoms with E-state index in [2.05, 4.69) is 53.2 Å². The van der Waals surface area contributed by atoms with Crippen molar-refractivity contribution < 1.29 is 4.52 Å². The van der Waals surface area contributed by atoms with Crippen molar-refractivity contribution in [1.29, 1.82) is 0 Å². The maximum atomic E-state index is 6.40. The fourth-order valence-corrected chi connectivity index (χ4v) is 3.45. The summed E-state index contributed by atoms with van der Waals surface area (Å²) in [5.74, 6) is 1.22. The second kappa shape index (κ2) is 7.45. The van der Waals surface area contributed by atoms with Crippen LogP contribution >= 0.6 is 0 Å². The number of hydrogen-bond acceptors (Lipinski definition) is 5. The zero-order chi connectivity index (χ0) is 17.0. The third-order valence-corrected chi connectivity index (χ3v) is 4.96. The van der Waals surface area contributed by atoms with Gasteiger partial charge in [-0.25, -0.2) is 0 Å². The van der Waals surface area contributed by atoms with Crippen molar-refractivity contribution >= 4 is 0 Å². The molecular weight excluding hydrogens is 300 g/mol. The van der Waals surface area contributed by atoms with Gasteiger partial charge in [0.25, 0.3) is 5.89 Å². The molecule has 0 spiro atoms. The Morgan fingerprint density at radius 2 is 1.88 bits per heavy atom. The van der Waals surface area contributed by atoms with Crippen molar-refractivity contribution in [3.63, 3.8) is 0 Å². The van der Waals surface area contributed by atoms with Crippen LogP contribution in [0, 0.1) is 0 Å². The van der Waals surface area contributed by atoms with Crippen LogP contribution in [0.15, 0.2) is 28.8 Å². The van der Waals surface area contributed by atoms with Crippen molar-refractivity contribution in [2.24, 2.45) is 5.73 Å². The van der Waals surface area contributed by atoms with E-state index in [0.29, 0.717) is 11.7 Å². The molecule has 130 valence electrons. The van der Waals surface area contributed by atoms with Gasteiger partial charge < -0.3 is 10.3 Å². The third kappa shape index (κ3) is 3.68. The van der Waals surface area contributed by atoms with Gasteiger partial charge in [-0.15, -0.1) is 0 Å². The highest BCUT2D eigenvalue weighted by Gasteiger charge is 2.36. The summed E-state index contributed by atoms with van der Waals surface area (Å²) in [5.41, 5.74) is 8.27. The second-order valence-corrected chi connectivity index (χ2v) is 6.85. The number of nitrogens with zero attached hydrogens (tertiary/aromatic N) is 3. The number of aromatic nitrogens is 2. The Balaban J connectivity index is 1.71. The maximum absolute atomic E-state index is 6.40. The van der Waals surface area contributed by atoms with Gasteiger partial charge >= 0.3 is 0 Å². The van der Waals surface area contributed by atoms with E-state index in [4.69, 9.17) is 10.3 Å². The molecule has 3 rings (SSSR count). The molecule has 1 aliphatic rings. The van der Waals surface area contributed by atoms with E-state index in [1.807, 2.05) is 0 Å². The Labute approximate surface area is 144 Å². The lowest BCUT2D eigenvalue weighted by Gasteiger charge is -2.19. The van der Waals surface area contributed by atoms with Crippen LogP contribution in [0.1, 0.15) is 57.3 Å². The lowest BCUT2D eigenvalue weighted by Crippen LogP contribution is -2.34. The summed E-state index contributed by atoms with van der Waals surface area (Å²) in [4.78, 5) is 7.00. The molecule has 1 heterocycles. The van der Waals surface area contributed by atoms with Gasteiger partial charge in [0.1, 0.15) is 0 Å². The summed E-state index contributed by atoms with van der Waals surface area (Å²) in [6.45, 7) is 7.60. The van der Waals surface area contributed by atoms with Crippen LogP contribution in [0.4, 0.5) is 0 Å². The fourth-order valence-electron chi connectivity index (χ4n) is 3.45. The molecule has 0 bridgehead atoms. The molecule has 2 N–H and O–H groups in total. The first-order valence-corrected chi connectivity index (χ1v) is 9.09. The summed E-state index contributed by atoms with van der Waals surface area (Å²) >= 11 is 0. The van der Waals surface area contributed by atoms with E-state index >= 15 is 0 Å². The van der Waals surface area contributed by atoms with Crippen LogP contribution < -0.4 is 5.73 Å². The zero-order valence-electron chi connectivity index (χ0n) is 14.8. The van der Waals surface area contributed by atoms with Crippen molar-refractivity contribution in [1.82, 2.24) is 15.0 Å². The molecule has 0 aliphatic heterocycles. The highest BCUT2D eigenvalue weighted by atomic mass is 16.5. The average Bonchev–Trinajstić information content (AvgIpc) is 3.25. The lowest BCUT2D eigenvalue weighted by atomic mass is 9.98. The first-order chi connectivity index (χ1) is 11.6. The Bertz CT molecular complexity index is 644. The van der Waals surface area contributed by atoms with Crippen LogP contribution in [0.25, 0.3) is 11.5 Å². The van der Waals surface area contributed by atoms with Crippen LogP contribution in [0.3, 0.4) is 0 Å². The number of hydrogen-bond donors (Lipinski definition) is 1. The van der Waals surface area contributed by atoms with Gasteiger partial charge in [-0.05, 0) is 50.0 Å². The topological polar surface area (TPSA) is 68.2 Å². The summed E-state index contributed by atoms with van der Waals surface area (Å²) in [6, 6.07) is 8.41. The largest absolute Gasteiger partial charge is 0.334 e. The molecule has 0 atom stereocenters. The van der Waals surface area contributed by atoms with Gasteiger partial charge in [0.05, 0.1) is 5.54 Å². The van der Waals surface area contributed by atoms with Crippen LogP contribution in [0.5, 0.6) is 0 Å². The van der Waals surface area contributed by atoms with Crippen LogP contribution in [-0.4, -0.2) is 28.1 Å². The van der Waals surface area contributed by atoms with Gasteiger partial charge in [-0.3, -0.25) is 4.90 Å². The Morgan fingerprint density at radius 1 is 1.17 bits per heavy atom. The van der Waals surface area contributed by atoms with Crippen LogP contribution in [-0.2, 0) is 12.1 Å². The maximum Gasteiger partial charge on any atom is 0.257 e. The van der Waals surface area contributed by atoms with Crippen molar-refractivity contribution in [3.8, 4) is 11.5 Å². The summed E-state index contributed by atoms with van der Waals surface area (Å²) in [6.07, 6.45) is 5.34. The molecule has 1 saturated carbocycles. The van der Waals surface area contributed by atoms with Crippen LogP contribution in [0.2, 0.25) is 0 Å². The SMILES string of the molecule is CCCN(CC)Cc1ccc(-c2nc(C3(N)CCCC3)no2)cc1. The highest BCUT2D eigenvalue weighted by Crippen LogP contribution is 2.35. The normalized spacial score (nSPS) is 16.8. The van der Waals surface area contributed by atoms with E-state index < -0.39 is 5.54 Å². The smallest absolute Gasteiger partial charge is 0.257 e. The van der Waals surface area contributed by atoms with E-state index in [9.17, 15) is 0 Å². The molecule has 0 saturated heterocycles.